The lowest BCUT2D eigenvalue weighted by molar-refractivity contribution is 0.626. The summed E-state index contributed by atoms with van der Waals surface area (Å²) in [6.07, 6.45) is 0. The molecule has 2 aromatic carbocycles. The minimum Gasteiger partial charge on any atom is -0.377 e. The third-order valence-corrected chi connectivity index (χ3v) is 3.34. The van der Waals surface area contributed by atoms with E-state index < -0.39 is 0 Å². The zero-order valence-corrected chi connectivity index (χ0v) is 11.9. The average Bonchev–Trinajstić information content (AvgIpc) is 2.41. The van der Waals surface area contributed by atoms with E-state index in [0.717, 1.165) is 15.7 Å². The molecule has 0 radical (unpaired) electrons. The van der Waals surface area contributed by atoms with Gasteiger partial charge in [0.15, 0.2) is 0 Å². The summed E-state index contributed by atoms with van der Waals surface area (Å²) in [5.41, 5.74) is 2.30. The molecular weight excluding hydrogens is 307 g/mol. The Balaban J connectivity index is 2.21. The van der Waals surface area contributed by atoms with Gasteiger partial charge in [-0.2, -0.15) is 5.26 Å². The van der Waals surface area contributed by atoms with Crippen LogP contribution in [0.3, 0.4) is 0 Å². The van der Waals surface area contributed by atoms with Gasteiger partial charge < -0.3 is 5.32 Å². The van der Waals surface area contributed by atoms with Gasteiger partial charge in [0.25, 0.3) is 0 Å². The average molecular weight is 319 g/mol. The minimum atomic E-state index is -0.252. The molecule has 2 rings (SSSR count). The van der Waals surface area contributed by atoms with Gasteiger partial charge in [-0.1, -0.05) is 28.1 Å². The SMILES string of the molecule is CC(Nc1ccc(Br)cc1C#N)c1ccc(F)cc1. The van der Waals surface area contributed by atoms with Gasteiger partial charge >= 0.3 is 0 Å². The lowest BCUT2D eigenvalue weighted by Gasteiger charge is -2.16. The number of nitrogens with zero attached hydrogens (tertiary/aromatic N) is 1. The smallest absolute Gasteiger partial charge is 0.123 e. The Hall–Kier alpha value is -1.86. The molecule has 0 bridgehead atoms. The molecule has 0 aliphatic heterocycles. The number of rotatable bonds is 3. The number of nitrogens with one attached hydrogen (secondary N) is 1. The van der Waals surface area contributed by atoms with E-state index in [-0.39, 0.29) is 11.9 Å². The maximum Gasteiger partial charge on any atom is 0.123 e. The highest BCUT2D eigenvalue weighted by molar-refractivity contribution is 9.10. The van der Waals surface area contributed by atoms with Gasteiger partial charge in [-0.25, -0.2) is 4.39 Å². The Morgan fingerprint density at radius 2 is 1.89 bits per heavy atom. The van der Waals surface area contributed by atoms with E-state index in [0.29, 0.717) is 5.56 Å². The molecule has 0 fully saturated rings. The van der Waals surface area contributed by atoms with Crippen molar-refractivity contribution in [3.63, 3.8) is 0 Å². The summed E-state index contributed by atoms with van der Waals surface area (Å²) in [4.78, 5) is 0. The van der Waals surface area contributed by atoms with Crippen molar-refractivity contribution in [2.45, 2.75) is 13.0 Å². The maximum absolute atomic E-state index is 12.9. The molecule has 0 aliphatic carbocycles. The van der Waals surface area contributed by atoms with Crippen molar-refractivity contribution in [2.75, 3.05) is 5.32 Å². The Labute approximate surface area is 120 Å². The quantitative estimate of drug-likeness (QED) is 0.895. The van der Waals surface area contributed by atoms with Gasteiger partial charge in [0.1, 0.15) is 11.9 Å². The largest absolute Gasteiger partial charge is 0.377 e. The van der Waals surface area contributed by atoms with Crippen LogP contribution in [0.5, 0.6) is 0 Å². The summed E-state index contributed by atoms with van der Waals surface area (Å²) in [7, 11) is 0. The molecule has 4 heteroatoms. The van der Waals surface area contributed by atoms with Gasteiger partial charge in [0.05, 0.1) is 11.3 Å². The molecule has 0 saturated carbocycles. The molecule has 2 nitrogen and oxygen atoms in total. The van der Waals surface area contributed by atoms with Crippen LogP contribution in [0, 0.1) is 17.1 Å². The van der Waals surface area contributed by atoms with Gasteiger partial charge in [-0.3, -0.25) is 0 Å². The monoisotopic (exact) mass is 318 g/mol. The molecule has 0 spiro atoms. The normalized spacial score (nSPS) is 11.7. The van der Waals surface area contributed by atoms with Crippen LogP contribution in [-0.2, 0) is 0 Å². The third kappa shape index (κ3) is 3.33. The first-order valence-corrected chi connectivity index (χ1v) is 6.61. The molecular formula is C15H12BrFN2. The highest BCUT2D eigenvalue weighted by atomic mass is 79.9. The number of hydrogen-bond acceptors (Lipinski definition) is 2. The predicted octanol–water partition coefficient (Wildman–Crippen LogP) is 4.63. The molecule has 0 saturated heterocycles. The summed E-state index contributed by atoms with van der Waals surface area (Å²) in [6.45, 7) is 1.97. The van der Waals surface area contributed by atoms with Crippen LogP contribution in [0.25, 0.3) is 0 Å². The van der Waals surface area contributed by atoms with Gasteiger partial charge in [-0.15, -0.1) is 0 Å². The Bertz CT molecular complexity index is 617. The Kier molecular flexibility index (Phi) is 4.18. The summed E-state index contributed by atoms with van der Waals surface area (Å²) >= 11 is 3.34. The molecule has 0 aliphatic rings. The van der Waals surface area contributed by atoms with Crippen molar-refractivity contribution < 1.29 is 4.39 Å². The second-order valence-electron chi connectivity index (χ2n) is 4.22. The van der Waals surface area contributed by atoms with Crippen molar-refractivity contribution in [3.8, 4) is 6.07 Å². The Morgan fingerprint density at radius 3 is 2.53 bits per heavy atom. The van der Waals surface area contributed by atoms with Gasteiger partial charge in [-0.05, 0) is 42.8 Å². The molecule has 19 heavy (non-hydrogen) atoms. The fourth-order valence-electron chi connectivity index (χ4n) is 1.80. The van der Waals surface area contributed by atoms with E-state index in [1.807, 2.05) is 19.1 Å². The maximum atomic E-state index is 12.9. The number of benzene rings is 2. The molecule has 1 N–H and O–H groups in total. The summed E-state index contributed by atoms with van der Waals surface area (Å²) in [5.74, 6) is -0.252. The van der Waals surface area contributed by atoms with Crippen LogP contribution in [0.4, 0.5) is 10.1 Å². The van der Waals surface area contributed by atoms with E-state index in [2.05, 4.69) is 27.3 Å². The van der Waals surface area contributed by atoms with Crippen molar-refractivity contribution in [2.24, 2.45) is 0 Å². The number of hydrogen-bond donors (Lipinski definition) is 1. The van der Waals surface area contributed by atoms with Crippen molar-refractivity contribution >= 4 is 21.6 Å². The van der Waals surface area contributed by atoms with Crippen LogP contribution in [0.2, 0.25) is 0 Å². The third-order valence-electron chi connectivity index (χ3n) is 2.84. The zero-order chi connectivity index (χ0) is 13.8. The molecule has 2 aromatic rings. The van der Waals surface area contributed by atoms with E-state index in [1.54, 1.807) is 18.2 Å². The molecule has 0 heterocycles. The first-order chi connectivity index (χ1) is 9.10. The summed E-state index contributed by atoms with van der Waals surface area (Å²) in [5, 5.41) is 12.4. The van der Waals surface area contributed by atoms with E-state index in [9.17, 15) is 4.39 Å². The lowest BCUT2D eigenvalue weighted by Crippen LogP contribution is -2.07. The van der Waals surface area contributed by atoms with Crippen LogP contribution < -0.4 is 5.32 Å². The number of nitriles is 1. The first-order valence-electron chi connectivity index (χ1n) is 5.82. The number of halogens is 2. The van der Waals surface area contributed by atoms with Crippen molar-refractivity contribution in [1.82, 2.24) is 0 Å². The predicted molar refractivity (Wildman–Crippen MR) is 77.3 cm³/mol. The van der Waals surface area contributed by atoms with E-state index >= 15 is 0 Å². The second-order valence-corrected chi connectivity index (χ2v) is 5.13. The molecule has 0 aromatic heterocycles. The van der Waals surface area contributed by atoms with Crippen LogP contribution in [0.15, 0.2) is 46.9 Å². The molecule has 1 unspecified atom stereocenters. The summed E-state index contributed by atoms with van der Waals surface area (Å²) < 4.78 is 13.7. The standard InChI is InChI=1S/C15H12BrFN2/c1-10(11-2-5-14(17)6-3-11)19-15-7-4-13(16)8-12(15)9-18/h2-8,10,19H,1H3. The number of anilines is 1. The Morgan fingerprint density at radius 1 is 1.21 bits per heavy atom. The summed E-state index contributed by atoms with van der Waals surface area (Å²) in [6, 6.07) is 14.0. The molecule has 1 atom stereocenters. The second kappa shape index (κ2) is 5.85. The van der Waals surface area contributed by atoms with Gasteiger partial charge in [0, 0.05) is 10.5 Å². The fraction of sp³-hybridized carbons (Fsp3) is 0.133. The highest BCUT2D eigenvalue weighted by Gasteiger charge is 2.08. The van der Waals surface area contributed by atoms with Crippen LogP contribution >= 0.6 is 15.9 Å². The molecule has 0 amide bonds. The van der Waals surface area contributed by atoms with Crippen molar-refractivity contribution in [1.29, 1.82) is 5.26 Å². The van der Waals surface area contributed by atoms with Crippen molar-refractivity contribution in [3.05, 3.63) is 63.9 Å². The lowest BCUT2D eigenvalue weighted by atomic mass is 10.1. The van der Waals surface area contributed by atoms with Crippen LogP contribution in [0.1, 0.15) is 24.1 Å². The topological polar surface area (TPSA) is 35.8 Å². The zero-order valence-electron chi connectivity index (χ0n) is 10.3. The highest BCUT2D eigenvalue weighted by Crippen LogP contribution is 2.25. The van der Waals surface area contributed by atoms with E-state index in [4.69, 9.17) is 5.26 Å². The minimum absolute atomic E-state index is 0.00567. The first kappa shape index (κ1) is 13.6. The van der Waals surface area contributed by atoms with Crippen LogP contribution in [-0.4, -0.2) is 0 Å². The molecule has 96 valence electrons. The van der Waals surface area contributed by atoms with Gasteiger partial charge in [0.2, 0.25) is 0 Å². The van der Waals surface area contributed by atoms with E-state index in [1.165, 1.54) is 12.1 Å². The fourth-order valence-corrected chi connectivity index (χ4v) is 2.16.